The van der Waals surface area contributed by atoms with Crippen LogP contribution in [-0.4, -0.2) is 12.9 Å². The zero-order valence-corrected chi connectivity index (χ0v) is 10.5. The van der Waals surface area contributed by atoms with Crippen LogP contribution < -0.4 is 10.5 Å². The molecular formula is C12H16ClNO2. The number of carbonyl (C=O) groups is 1. The number of rotatable bonds is 4. The van der Waals surface area contributed by atoms with Crippen LogP contribution >= 0.6 is 11.6 Å². The topological polar surface area (TPSA) is 52.3 Å². The molecule has 0 heterocycles. The molecule has 0 bridgehead atoms. The van der Waals surface area contributed by atoms with Gasteiger partial charge < -0.3 is 10.5 Å². The van der Waals surface area contributed by atoms with Crippen molar-refractivity contribution in [2.75, 3.05) is 7.11 Å². The highest BCUT2D eigenvalue weighted by molar-refractivity contribution is 6.31. The van der Waals surface area contributed by atoms with E-state index in [1.165, 1.54) is 6.92 Å². The molecule has 0 saturated carbocycles. The summed E-state index contributed by atoms with van der Waals surface area (Å²) in [6.07, 6.45) is 0.287. The Balaban J connectivity index is 3.10. The number of ketones is 1. The van der Waals surface area contributed by atoms with Crippen molar-refractivity contribution in [1.82, 2.24) is 0 Å². The second-order valence-corrected chi connectivity index (χ2v) is 4.26. The Labute approximate surface area is 101 Å². The van der Waals surface area contributed by atoms with Gasteiger partial charge >= 0.3 is 0 Å². The Morgan fingerprint density at radius 1 is 1.56 bits per heavy atom. The lowest BCUT2D eigenvalue weighted by Gasteiger charge is -2.16. The van der Waals surface area contributed by atoms with E-state index in [0.717, 1.165) is 11.1 Å². The first kappa shape index (κ1) is 13.0. The number of nitrogens with two attached hydrogens (primary N) is 1. The molecule has 1 unspecified atom stereocenters. The number of hydrogen-bond acceptors (Lipinski definition) is 3. The number of methoxy groups -OCH3 is 1. The summed E-state index contributed by atoms with van der Waals surface area (Å²) in [5.41, 5.74) is 7.63. The minimum atomic E-state index is -0.370. The summed E-state index contributed by atoms with van der Waals surface area (Å²) in [4.78, 5) is 11.0. The van der Waals surface area contributed by atoms with Crippen LogP contribution in [0.25, 0.3) is 0 Å². The van der Waals surface area contributed by atoms with Crippen LogP contribution in [0.2, 0.25) is 5.02 Å². The fourth-order valence-corrected chi connectivity index (χ4v) is 1.73. The van der Waals surface area contributed by atoms with Crippen molar-refractivity contribution in [1.29, 1.82) is 0 Å². The lowest BCUT2D eigenvalue weighted by atomic mass is 10.0. The highest BCUT2D eigenvalue weighted by Crippen LogP contribution is 2.31. The first-order chi connectivity index (χ1) is 7.45. The monoisotopic (exact) mass is 241 g/mol. The quantitative estimate of drug-likeness (QED) is 0.882. The first-order valence-corrected chi connectivity index (χ1v) is 5.42. The lowest BCUT2D eigenvalue weighted by molar-refractivity contribution is -0.117. The van der Waals surface area contributed by atoms with Crippen LogP contribution in [0, 0.1) is 6.92 Å². The van der Waals surface area contributed by atoms with Crippen LogP contribution in [-0.2, 0) is 4.79 Å². The summed E-state index contributed by atoms with van der Waals surface area (Å²) in [6.45, 7) is 3.41. The SMILES string of the molecule is COc1cc(C)c(Cl)cc1C(N)CC(C)=O. The molecule has 0 aliphatic carbocycles. The standard InChI is InChI=1S/C12H16ClNO2/c1-7-4-12(16-3)9(6-10(7)13)11(14)5-8(2)15/h4,6,11H,5,14H2,1-3H3. The van der Waals surface area contributed by atoms with Crippen molar-refractivity contribution in [3.8, 4) is 5.75 Å². The van der Waals surface area contributed by atoms with Crippen molar-refractivity contribution in [3.05, 3.63) is 28.3 Å². The van der Waals surface area contributed by atoms with E-state index in [4.69, 9.17) is 22.1 Å². The Kier molecular flexibility index (Phi) is 4.33. The molecule has 0 amide bonds. The van der Waals surface area contributed by atoms with Gasteiger partial charge in [0.1, 0.15) is 11.5 Å². The third-order valence-electron chi connectivity index (χ3n) is 2.42. The number of aryl methyl sites for hydroxylation is 1. The Bertz CT molecular complexity index is 404. The summed E-state index contributed by atoms with van der Waals surface area (Å²) in [5.74, 6) is 0.724. The minimum absolute atomic E-state index is 0.0475. The van der Waals surface area contributed by atoms with Crippen molar-refractivity contribution in [2.24, 2.45) is 5.73 Å². The number of halogens is 1. The first-order valence-electron chi connectivity index (χ1n) is 5.04. The van der Waals surface area contributed by atoms with Crippen molar-refractivity contribution < 1.29 is 9.53 Å². The predicted molar refractivity (Wildman–Crippen MR) is 65.0 cm³/mol. The zero-order valence-electron chi connectivity index (χ0n) is 9.71. The van der Waals surface area contributed by atoms with Gasteiger partial charge in [0.2, 0.25) is 0 Å². The van der Waals surface area contributed by atoms with E-state index in [2.05, 4.69) is 0 Å². The molecule has 0 saturated heterocycles. The predicted octanol–water partition coefficient (Wildman–Crippen LogP) is 2.64. The summed E-state index contributed by atoms with van der Waals surface area (Å²) in [5, 5.41) is 0.634. The second-order valence-electron chi connectivity index (χ2n) is 3.86. The molecule has 1 aromatic carbocycles. The molecule has 1 rings (SSSR count). The van der Waals surface area contributed by atoms with Gasteiger partial charge in [-0.05, 0) is 31.5 Å². The van der Waals surface area contributed by atoms with E-state index in [1.807, 2.05) is 13.0 Å². The third-order valence-corrected chi connectivity index (χ3v) is 2.83. The van der Waals surface area contributed by atoms with Gasteiger partial charge in [0.25, 0.3) is 0 Å². The number of ether oxygens (including phenoxy) is 1. The van der Waals surface area contributed by atoms with Gasteiger partial charge in [0.15, 0.2) is 0 Å². The van der Waals surface area contributed by atoms with Gasteiger partial charge in [0.05, 0.1) is 7.11 Å². The van der Waals surface area contributed by atoms with E-state index in [9.17, 15) is 4.79 Å². The number of hydrogen-bond donors (Lipinski definition) is 1. The van der Waals surface area contributed by atoms with Gasteiger partial charge in [-0.2, -0.15) is 0 Å². The van der Waals surface area contributed by atoms with Crippen LogP contribution in [0.4, 0.5) is 0 Å². The van der Waals surface area contributed by atoms with Gasteiger partial charge in [-0.25, -0.2) is 0 Å². The normalized spacial score (nSPS) is 12.3. The molecule has 2 N–H and O–H groups in total. The van der Waals surface area contributed by atoms with Gasteiger partial charge in [-0.1, -0.05) is 11.6 Å². The molecular weight excluding hydrogens is 226 g/mol. The van der Waals surface area contributed by atoms with Crippen LogP contribution in [0.1, 0.15) is 30.5 Å². The van der Waals surface area contributed by atoms with Crippen LogP contribution in [0.15, 0.2) is 12.1 Å². The summed E-state index contributed by atoms with van der Waals surface area (Å²) < 4.78 is 5.23. The molecule has 0 fully saturated rings. The van der Waals surface area contributed by atoms with Crippen LogP contribution in [0.5, 0.6) is 5.75 Å². The Hall–Kier alpha value is -1.06. The van der Waals surface area contributed by atoms with Gasteiger partial charge in [-0.15, -0.1) is 0 Å². The lowest BCUT2D eigenvalue weighted by Crippen LogP contribution is -2.15. The Morgan fingerprint density at radius 3 is 2.69 bits per heavy atom. The largest absolute Gasteiger partial charge is 0.496 e. The summed E-state index contributed by atoms with van der Waals surface area (Å²) >= 11 is 6.03. The highest BCUT2D eigenvalue weighted by Gasteiger charge is 2.15. The number of Topliss-reactive ketones (excluding diaryl/α,β-unsaturated/α-hetero) is 1. The van der Waals surface area contributed by atoms with E-state index in [0.29, 0.717) is 10.8 Å². The number of benzene rings is 1. The fraction of sp³-hybridized carbons (Fsp3) is 0.417. The molecule has 0 aliphatic heterocycles. The average molecular weight is 242 g/mol. The molecule has 0 spiro atoms. The van der Waals surface area contributed by atoms with E-state index >= 15 is 0 Å². The van der Waals surface area contributed by atoms with Crippen molar-refractivity contribution in [2.45, 2.75) is 26.3 Å². The fourth-order valence-electron chi connectivity index (χ4n) is 1.56. The van der Waals surface area contributed by atoms with Crippen LogP contribution in [0.3, 0.4) is 0 Å². The van der Waals surface area contributed by atoms with E-state index in [-0.39, 0.29) is 18.2 Å². The zero-order chi connectivity index (χ0) is 12.3. The van der Waals surface area contributed by atoms with Gasteiger partial charge in [0, 0.05) is 23.0 Å². The van der Waals surface area contributed by atoms with Gasteiger partial charge in [-0.3, -0.25) is 4.79 Å². The second kappa shape index (κ2) is 5.32. The molecule has 0 aromatic heterocycles. The molecule has 16 heavy (non-hydrogen) atoms. The molecule has 0 aliphatic rings. The maximum Gasteiger partial charge on any atom is 0.131 e. The summed E-state index contributed by atoms with van der Waals surface area (Å²) in [6, 6.07) is 3.23. The molecule has 0 radical (unpaired) electrons. The minimum Gasteiger partial charge on any atom is -0.496 e. The Morgan fingerprint density at radius 2 is 2.19 bits per heavy atom. The smallest absolute Gasteiger partial charge is 0.131 e. The molecule has 88 valence electrons. The highest BCUT2D eigenvalue weighted by atomic mass is 35.5. The molecule has 4 heteroatoms. The van der Waals surface area contributed by atoms with Crippen molar-refractivity contribution >= 4 is 17.4 Å². The van der Waals surface area contributed by atoms with E-state index < -0.39 is 0 Å². The maximum absolute atomic E-state index is 11.0. The number of carbonyl (C=O) groups excluding carboxylic acids is 1. The molecule has 3 nitrogen and oxygen atoms in total. The van der Waals surface area contributed by atoms with Crippen molar-refractivity contribution in [3.63, 3.8) is 0 Å². The average Bonchev–Trinajstić information content (AvgIpc) is 2.20. The van der Waals surface area contributed by atoms with E-state index in [1.54, 1.807) is 13.2 Å². The molecule has 1 aromatic rings. The molecule has 1 atom stereocenters. The summed E-state index contributed by atoms with van der Waals surface area (Å²) in [7, 11) is 1.58. The third kappa shape index (κ3) is 2.97. The maximum atomic E-state index is 11.0.